The van der Waals surface area contributed by atoms with Crippen molar-refractivity contribution in [2.45, 2.75) is 19.4 Å². The number of fused-ring (bicyclic) bond motifs is 3. The summed E-state index contributed by atoms with van der Waals surface area (Å²) in [7, 11) is 3.26. The second-order valence-corrected chi connectivity index (χ2v) is 6.51. The Morgan fingerprint density at radius 1 is 1.12 bits per heavy atom. The lowest BCUT2D eigenvalue weighted by Gasteiger charge is -2.36. The Labute approximate surface area is 152 Å². The molecule has 0 spiro atoms. The number of benzene rings is 2. The summed E-state index contributed by atoms with van der Waals surface area (Å²) in [5.41, 5.74) is 4.34. The molecule has 26 heavy (non-hydrogen) atoms. The van der Waals surface area contributed by atoms with Crippen LogP contribution in [0.4, 0.5) is 0 Å². The summed E-state index contributed by atoms with van der Waals surface area (Å²) < 4.78 is 11.1. The van der Waals surface area contributed by atoms with Crippen LogP contribution in [0.25, 0.3) is 10.9 Å². The maximum absolute atomic E-state index is 12.4. The number of rotatable bonds is 3. The molecule has 0 aliphatic carbocycles. The monoisotopic (exact) mass is 350 g/mol. The summed E-state index contributed by atoms with van der Waals surface area (Å²) in [4.78, 5) is 17.8. The van der Waals surface area contributed by atoms with Crippen molar-refractivity contribution in [2.75, 3.05) is 20.8 Å². The number of aromatic amines is 1. The van der Waals surface area contributed by atoms with Gasteiger partial charge in [-0.2, -0.15) is 0 Å². The van der Waals surface area contributed by atoms with E-state index in [0.29, 0.717) is 18.0 Å². The Bertz CT molecular complexity index is 977. The molecule has 1 unspecified atom stereocenters. The number of aromatic nitrogens is 1. The van der Waals surface area contributed by atoms with E-state index in [1.165, 1.54) is 10.9 Å². The Morgan fingerprint density at radius 2 is 1.92 bits per heavy atom. The minimum Gasteiger partial charge on any atom is -0.493 e. The van der Waals surface area contributed by atoms with E-state index in [1.807, 2.05) is 29.2 Å². The van der Waals surface area contributed by atoms with Crippen LogP contribution in [0.1, 0.15) is 29.8 Å². The molecule has 0 fully saturated rings. The van der Waals surface area contributed by atoms with Crippen LogP contribution in [0, 0.1) is 0 Å². The third-order valence-corrected chi connectivity index (χ3v) is 5.17. The number of amides is 1. The summed E-state index contributed by atoms with van der Waals surface area (Å²) in [6.45, 7) is 2.29. The number of nitrogens with one attached hydrogen (secondary N) is 1. The van der Waals surface area contributed by atoms with Crippen molar-refractivity contribution >= 4 is 16.8 Å². The van der Waals surface area contributed by atoms with Crippen LogP contribution >= 0.6 is 0 Å². The summed E-state index contributed by atoms with van der Waals surface area (Å²) in [6, 6.07) is 13.9. The average Bonchev–Trinajstić information content (AvgIpc) is 3.05. The molecule has 0 saturated heterocycles. The van der Waals surface area contributed by atoms with Gasteiger partial charge in [0, 0.05) is 35.6 Å². The first-order valence-electron chi connectivity index (χ1n) is 8.73. The number of para-hydroxylation sites is 2. The molecule has 0 bridgehead atoms. The quantitative estimate of drug-likeness (QED) is 0.784. The molecule has 134 valence electrons. The zero-order valence-electron chi connectivity index (χ0n) is 15.2. The molecule has 5 heteroatoms. The van der Waals surface area contributed by atoms with E-state index < -0.39 is 0 Å². The first-order chi connectivity index (χ1) is 12.7. The highest BCUT2D eigenvalue weighted by atomic mass is 16.5. The lowest BCUT2D eigenvalue weighted by Crippen LogP contribution is -2.39. The van der Waals surface area contributed by atoms with E-state index in [1.54, 1.807) is 21.1 Å². The summed E-state index contributed by atoms with van der Waals surface area (Å²) in [5.74, 6) is 1.37. The molecule has 1 amide bonds. The Morgan fingerprint density at radius 3 is 2.65 bits per heavy atom. The standard InChI is InChI=1S/C21H22N2O3/c1-13(24)23-12-11-15-14-7-4-5-9-17(14)22-19(15)20(23)16-8-6-10-18(25-2)21(16)26-3/h4-10,20,22H,11-12H2,1-3H3. The first-order valence-corrected chi connectivity index (χ1v) is 8.73. The minimum atomic E-state index is -0.228. The molecule has 2 aromatic carbocycles. The maximum atomic E-state index is 12.4. The van der Waals surface area contributed by atoms with Gasteiger partial charge in [0.05, 0.1) is 14.2 Å². The molecule has 1 aliphatic heterocycles. The fourth-order valence-electron chi connectivity index (χ4n) is 4.03. The molecule has 2 heterocycles. The van der Waals surface area contributed by atoms with Gasteiger partial charge in [0.1, 0.15) is 6.04 Å². The number of hydrogen-bond donors (Lipinski definition) is 1. The Balaban J connectivity index is 1.97. The van der Waals surface area contributed by atoms with Crippen LogP contribution in [-0.2, 0) is 11.2 Å². The summed E-state index contributed by atoms with van der Waals surface area (Å²) in [6.07, 6.45) is 0.835. The molecule has 1 atom stereocenters. The van der Waals surface area contributed by atoms with Crippen LogP contribution in [0.15, 0.2) is 42.5 Å². The number of nitrogens with zero attached hydrogens (tertiary/aromatic N) is 1. The molecular formula is C21H22N2O3. The van der Waals surface area contributed by atoms with Crippen molar-refractivity contribution in [1.82, 2.24) is 9.88 Å². The molecule has 4 rings (SSSR count). The van der Waals surface area contributed by atoms with Gasteiger partial charge in [0.2, 0.25) is 5.91 Å². The number of ether oxygens (including phenoxy) is 2. The van der Waals surface area contributed by atoms with Crippen LogP contribution in [0.2, 0.25) is 0 Å². The van der Waals surface area contributed by atoms with Crippen LogP contribution in [0.3, 0.4) is 0 Å². The van der Waals surface area contributed by atoms with Gasteiger partial charge in [-0.1, -0.05) is 30.3 Å². The van der Waals surface area contributed by atoms with E-state index in [-0.39, 0.29) is 11.9 Å². The second kappa shape index (κ2) is 6.41. The normalized spacial score (nSPS) is 16.4. The SMILES string of the molecule is COc1cccc(C2c3[nH]c4ccccc4c3CCN2C(C)=O)c1OC. The predicted octanol–water partition coefficient (Wildman–Crippen LogP) is 3.68. The van der Waals surface area contributed by atoms with Crippen molar-refractivity contribution in [1.29, 1.82) is 0 Å². The zero-order valence-corrected chi connectivity index (χ0v) is 15.2. The van der Waals surface area contributed by atoms with Crippen LogP contribution < -0.4 is 9.47 Å². The zero-order chi connectivity index (χ0) is 18.3. The number of carbonyl (C=O) groups is 1. The van der Waals surface area contributed by atoms with Gasteiger partial charge in [0.25, 0.3) is 0 Å². The van der Waals surface area contributed by atoms with E-state index in [9.17, 15) is 4.79 Å². The molecular weight excluding hydrogens is 328 g/mol. The molecule has 1 N–H and O–H groups in total. The highest BCUT2D eigenvalue weighted by Crippen LogP contribution is 2.44. The highest BCUT2D eigenvalue weighted by molar-refractivity contribution is 5.86. The lowest BCUT2D eigenvalue weighted by atomic mass is 9.91. The fraction of sp³-hybridized carbons (Fsp3) is 0.286. The van der Waals surface area contributed by atoms with Gasteiger partial charge < -0.3 is 19.4 Å². The number of methoxy groups -OCH3 is 2. The lowest BCUT2D eigenvalue weighted by molar-refractivity contribution is -0.130. The smallest absolute Gasteiger partial charge is 0.220 e. The van der Waals surface area contributed by atoms with Gasteiger partial charge in [-0.25, -0.2) is 0 Å². The van der Waals surface area contributed by atoms with Crippen molar-refractivity contribution in [3.05, 3.63) is 59.3 Å². The minimum absolute atomic E-state index is 0.0455. The van der Waals surface area contributed by atoms with E-state index in [0.717, 1.165) is 23.2 Å². The fourth-order valence-corrected chi connectivity index (χ4v) is 4.03. The van der Waals surface area contributed by atoms with Gasteiger partial charge in [-0.3, -0.25) is 4.79 Å². The van der Waals surface area contributed by atoms with Crippen LogP contribution in [-0.4, -0.2) is 36.6 Å². The van der Waals surface area contributed by atoms with Crippen molar-refractivity contribution in [3.8, 4) is 11.5 Å². The molecule has 0 saturated carbocycles. The molecule has 0 radical (unpaired) electrons. The third-order valence-electron chi connectivity index (χ3n) is 5.17. The molecule has 1 aromatic heterocycles. The maximum Gasteiger partial charge on any atom is 0.220 e. The van der Waals surface area contributed by atoms with Gasteiger partial charge in [0.15, 0.2) is 11.5 Å². The summed E-state index contributed by atoms with van der Waals surface area (Å²) in [5, 5.41) is 1.22. The van der Waals surface area contributed by atoms with E-state index in [4.69, 9.17) is 9.47 Å². The average molecular weight is 350 g/mol. The van der Waals surface area contributed by atoms with E-state index in [2.05, 4.69) is 23.2 Å². The number of hydrogen-bond acceptors (Lipinski definition) is 3. The van der Waals surface area contributed by atoms with Gasteiger partial charge in [-0.05, 0) is 24.1 Å². The number of H-pyrrole nitrogens is 1. The van der Waals surface area contributed by atoms with Crippen molar-refractivity contribution in [3.63, 3.8) is 0 Å². The molecule has 5 nitrogen and oxygen atoms in total. The molecule has 3 aromatic rings. The van der Waals surface area contributed by atoms with E-state index >= 15 is 0 Å². The molecule has 1 aliphatic rings. The second-order valence-electron chi connectivity index (χ2n) is 6.51. The Kier molecular flexibility index (Phi) is 4.07. The van der Waals surface area contributed by atoms with Crippen LogP contribution in [0.5, 0.6) is 11.5 Å². The third kappa shape index (κ3) is 2.43. The highest BCUT2D eigenvalue weighted by Gasteiger charge is 2.35. The first kappa shape index (κ1) is 16.5. The topological polar surface area (TPSA) is 54.6 Å². The predicted molar refractivity (Wildman–Crippen MR) is 101 cm³/mol. The van der Waals surface area contributed by atoms with Gasteiger partial charge >= 0.3 is 0 Å². The number of carbonyl (C=O) groups excluding carboxylic acids is 1. The van der Waals surface area contributed by atoms with Crippen molar-refractivity contribution < 1.29 is 14.3 Å². The Hall–Kier alpha value is -2.95. The summed E-state index contributed by atoms with van der Waals surface area (Å²) >= 11 is 0. The largest absolute Gasteiger partial charge is 0.493 e. The van der Waals surface area contributed by atoms with Gasteiger partial charge in [-0.15, -0.1) is 0 Å². The van der Waals surface area contributed by atoms with Crippen molar-refractivity contribution in [2.24, 2.45) is 0 Å².